The summed E-state index contributed by atoms with van der Waals surface area (Å²) in [6.07, 6.45) is -0.969. The zero-order valence-corrected chi connectivity index (χ0v) is 9.09. The maximum absolute atomic E-state index is 12.2. The van der Waals surface area contributed by atoms with Crippen LogP contribution in [0.25, 0.3) is 0 Å². The third-order valence-corrected chi connectivity index (χ3v) is 2.79. The van der Waals surface area contributed by atoms with Gasteiger partial charge in [-0.1, -0.05) is 0 Å². The van der Waals surface area contributed by atoms with Crippen molar-refractivity contribution in [1.82, 2.24) is 10.2 Å². The first-order valence-corrected chi connectivity index (χ1v) is 5.47. The first kappa shape index (κ1) is 13.3. The second kappa shape index (κ2) is 6.08. The number of nitrogens with zero attached hydrogens (tertiary/aromatic N) is 1. The quantitative estimate of drug-likeness (QED) is 0.580. The minimum absolute atomic E-state index is 0.267. The van der Waals surface area contributed by atoms with Gasteiger partial charge in [-0.25, -0.2) is 0 Å². The summed E-state index contributed by atoms with van der Waals surface area (Å²) in [4.78, 5) is 11.5. The summed E-state index contributed by atoms with van der Waals surface area (Å²) in [5, 5.41) is 2.54. The van der Waals surface area contributed by atoms with Crippen LogP contribution in [0.4, 0.5) is 13.2 Å². The number of likely N-dealkylation sites (tertiary alicyclic amines) is 1. The summed E-state index contributed by atoms with van der Waals surface area (Å²) in [6, 6.07) is 0. The topological polar surface area (TPSA) is 32.3 Å². The van der Waals surface area contributed by atoms with Gasteiger partial charge in [0.25, 0.3) is 0 Å². The third kappa shape index (κ3) is 5.34. The molecular formula is C10H17F3N2O. The Balaban J connectivity index is 2.27. The lowest BCUT2D eigenvalue weighted by molar-refractivity contribution is -0.149. The van der Waals surface area contributed by atoms with Crippen LogP contribution in [0.2, 0.25) is 0 Å². The molecule has 0 aromatic rings. The Morgan fingerprint density at radius 1 is 1.44 bits per heavy atom. The standard InChI is InChI=1S/C10H17F3N2O/c11-10(12,13)7-15-5-1-2-9(6-15)3-4-14-8-16/h8-9H,1-7H2,(H,14,16). The Hall–Kier alpha value is -0.780. The molecule has 1 aliphatic rings. The molecule has 0 saturated carbocycles. The molecule has 0 radical (unpaired) electrons. The number of carbonyl (C=O) groups excluding carboxylic acids is 1. The number of rotatable bonds is 5. The fraction of sp³-hybridized carbons (Fsp3) is 0.900. The number of alkyl halides is 3. The van der Waals surface area contributed by atoms with Gasteiger partial charge in [0.05, 0.1) is 6.54 Å². The molecule has 1 aliphatic heterocycles. The van der Waals surface area contributed by atoms with Crippen molar-refractivity contribution in [3.8, 4) is 0 Å². The fourth-order valence-electron chi connectivity index (χ4n) is 2.13. The van der Waals surface area contributed by atoms with E-state index in [9.17, 15) is 18.0 Å². The lowest BCUT2D eigenvalue weighted by Crippen LogP contribution is -2.41. The van der Waals surface area contributed by atoms with Crippen LogP contribution in [0.15, 0.2) is 0 Å². The monoisotopic (exact) mass is 238 g/mol. The lowest BCUT2D eigenvalue weighted by atomic mass is 9.95. The first-order chi connectivity index (χ1) is 7.51. The van der Waals surface area contributed by atoms with E-state index in [1.165, 1.54) is 4.90 Å². The Labute approximate surface area is 93.0 Å². The van der Waals surface area contributed by atoms with Gasteiger partial charge in [0, 0.05) is 13.1 Å². The lowest BCUT2D eigenvalue weighted by Gasteiger charge is -2.33. The van der Waals surface area contributed by atoms with Gasteiger partial charge in [-0.2, -0.15) is 13.2 Å². The van der Waals surface area contributed by atoms with Crippen molar-refractivity contribution in [2.24, 2.45) is 5.92 Å². The van der Waals surface area contributed by atoms with Crippen molar-refractivity contribution >= 4 is 6.41 Å². The number of amides is 1. The van der Waals surface area contributed by atoms with Crippen LogP contribution in [0.3, 0.4) is 0 Å². The number of hydrogen-bond acceptors (Lipinski definition) is 2. The summed E-state index contributed by atoms with van der Waals surface area (Å²) in [7, 11) is 0. The van der Waals surface area contributed by atoms with Crippen molar-refractivity contribution in [2.75, 3.05) is 26.2 Å². The van der Waals surface area contributed by atoms with E-state index in [1.807, 2.05) is 0 Å². The third-order valence-electron chi connectivity index (χ3n) is 2.79. The molecule has 0 bridgehead atoms. The van der Waals surface area contributed by atoms with Gasteiger partial charge in [0.2, 0.25) is 6.41 Å². The Morgan fingerprint density at radius 3 is 2.81 bits per heavy atom. The molecule has 0 spiro atoms. The van der Waals surface area contributed by atoms with Crippen molar-refractivity contribution in [3.63, 3.8) is 0 Å². The molecule has 1 N–H and O–H groups in total. The molecule has 94 valence electrons. The molecular weight excluding hydrogens is 221 g/mol. The van der Waals surface area contributed by atoms with Gasteiger partial charge in [-0.05, 0) is 31.7 Å². The Morgan fingerprint density at radius 2 is 2.19 bits per heavy atom. The normalized spacial score (nSPS) is 23.1. The van der Waals surface area contributed by atoms with E-state index in [0.717, 1.165) is 19.3 Å². The highest BCUT2D eigenvalue weighted by molar-refractivity contribution is 5.45. The van der Waals surface area contributed by atoms with Gasteiger partial charge in [0.15, 0.2) is 0 Å². The molecule has 1 rings (SSSR count). The van der Waals surface area contributed by atoms with E-state index >= 15 is 0 Å². The molecule has 1 fully saturated rings. The Kier molecular flexibility index (Phi) is 5.05. The van der Waals surface area contributed by atoms with Crippen LogP contribution >= 0.6 is 0 Å². The molecule has 16 heavy (non-hydrogen) atoms. The first-order valence-electron chi connectivity index (χ1n) is 5.47. The number of piperidine rings is 1. The number of halogens is 3. The maximum atomic E-state index is 12.2. The molecule has 0 aromatic carbocycles. The van der Waals surface area contributed by atoms with E-state index in [-0.39, 0.29) is 5.92 Å². The molecule has 3 nitrogen and oxygen atoms in total. The van der Waals surface area contributed by atoms with Crippen molar-refractivity contribution in [2.45, 2.75) is 25.4 Å². The number of nitrogens with one attached hydrogen (secondary N) is 1. The van der Waals surface area contributed by atoms with Crippen LogP contribution in [0.1, 0.15) is 19.3 Å². The zero-order valence-electron chi connectivity index (χ0n) is 9.09. The smallest absolute Gasteiger partial charge is 0.359 e. The minimum Gasteiger partial charge on any atom is -0.359 e. The van der Waals surface area contributed by atoms with Gasteiger partial charge in [0.1, 0.15) is 0 Å². The molecule has 1 unspecified atom stereocenters. The molecule has 1 saturated heterocycles. The summed E-state index contributed by atoms with van der Waals surface area (Å²) in [5.41, 5.74) is 0. The molecule has 0 aliphatic carbocycles. The number of carbonyl (C=O) groups is 1. The average Bonchev–Trinajstić information content (AvgIpc) is 2.16. The largest absolute Gasteiger partial charge is 0.401 e. The van der Waals surface area contributed by atoms with Crippen LogP contribution < -0.4 is 5.32 Å². The van der Waals surface area contributed by atoms with Crippen LogP contribution in [-0.2, 0) is 4.79 Å². The highest BCUT2D eigenvalue weighted by Crippen LogP contribution is 2.23. The predicted molar refractivity (Wildman–Crippen MR) is 53.9 cm³/mol. The van der Waals surface area contributed by atoms with Crippen LogP contribution in [-0.4, -0.2) is 43.7 Å². The predicted octanol–water partition coefficient (Wildman–Crippen LogP) is 1.40. The second-order valence-corrected chi connectivity index (χ2v) is 4.22. The summed E-state index contributed by atoms with van der Waals surface area (Å²) in [5.74, 6) is 0.267. The second-order valence-electron chi connectivity index (χ2n) is 4.22. The van der Waals surface area contributed by atoms with Crippen LogP contribution in [0, 0.1) is 5.92 Å². The minimum atomic E-state index is -4.11. The number of hydrogen-bond donors (Lipinski definition) is 1. The van der Waals surface area contributed by atoms with Crippen LogP contribution in [0.5, 0.6) is 0 Å². The van der Waals surface area contributed by atoms with Crippen molar-refractivity contribution < 1.29 is 18.0 Å². The molecule has 6 heteroatoms. The average molecular weight is 238 g/mol. The molecule has 0 aromatic heterocycles. The van der Waals surface area contributed by atoms with Gasteiger partial charge < -0.3 is 5.32 Å². The summed E-state index contributed by atoms with van der Waals surface area (Å²) >= 11 is 0. The van der Waals surface area contributed by atoms with Crippen molar-refractivity contribution in [1.29, 1.82) is 0 Å². The molecule has 1 heterocycles. The van der Waals surface area contributed by atoms with Gasteiger partial charge in [-0.15, -0.1) is 0 Å². The maximum Gasteiger partial charge on any atom is 0.401 e. The zero-order chi connectivity index (χ0) is 12.0. The van der Waals surface area contributed by atoms with Gasteiger partial charge >= 0.3 is 6.18 Å². The van der Waals surface area contributed by atoms with E-state index in [1.54, 1.807) is 0 Å². The van der Waals surface area contributed by atoms with E-state index in [4.69, 9.17) is 0 Å². The Bertz CT molecular complexity index is 221. The van der Waals surface area contributed by atoms with Gasteiger partial charge in [-0.3, -0.25) is 9.69 Å². The highest BCUT2D eigenvalue weighted by atomic mass is 19.4. The highest BCUT2D eigenvalue weighted by Gasteiger charge is 2.32. The molecule has 1 amide bonds. The summed E-state index contributed by atoms with van der Waals surface area (Å²) in [6.45, 7) is 0.746. The SMILES string of the molecule is O=CNCCC1CCCN(CC(F)(F)F)C1. The van der Waals surface area contributed by atoms with E-state index < -0.39 is 12.7 Å². The molecule has 1 atom stereocenters. The van der Waals surface area contributed by atoms with E-state index in [2.05, 4.69) is 5.32 Å². The van der Waals surface area contributed by atoms with Crippen molar-refractivity contribution in [3.05, 3.63) is 0 Å². The summed E-state index contributed by atoms with van der Waals surface area (Å²) < 4.78 is 36.5. The fourth-order valence-corrected chi connectivity index (χ4v) is 2.13. The van der Waals surface area contributed by atoms with E-state index in [0.29, 0.717) is 26.0 Å².